The molecule has 0 aliphatic rings. The summed E-state index contributed by atoms with van der Waals surface area (Å²) in [5.41, 5.74) is 0.780. The molecule has 0 spiro atoms. The molecule has 8 nitrogen and oxygen atoms in total. The summed E-state index contributed by atoms with van der Waals surface area (Å²) < 4.78 is 142. The van der Waals surface area contributed by atoms with Gasteiger partial charge in [-0.2, -0.15) is 43.2 Å². The molecule has 0 saturated carbocycles. The Morgan fingerprint density at radius 2 is 1.39 bits per heavy atom. The lowest BCUT2D eigenvalue weighted by Gasteiger charge is -2.29. The van der Waals surface area contributed by atoms with Gasteiger partial charge in [0.05, 0.1) is 5.75 Å². The number of rotatable bonds is 11. The fourth-order valence-electron chi connectivity index (χ4n) is 2.23. The van der Waals surface area contributed by atoms with Crippen LogP contribution in [0.25, 0.3) is 6.08 Å². The molecule has 0 aliphatic carbocycles. The Balaban J connectivity index is 2.08. The van der Waals surface area contributed by atoms with Crippen LogP contribution in [0.2, 0.25) is 0 Å². The van der Waals surface area contributed by atoms with Crippen molar-refractivity contribution in [1.82, 2.24) is 0 Å². The van der Waals surface area contributed by atoms with E-state index in [-0.39, 0.29) is 16.4 Å². The quantitative estimate of drug-likeness (QED) is 0.103. The number of ether oxygens (including phenoxy) is 1. The third-order valence-electron chi connectivity index (χ3n) is 4.10. The smallest absolute Gasteiger partial charge is 0.426 e. The molecule has 0 unspecified atom stereocenters. The van der Waals surface area contributed by atoms with E-state index in [4.69, 9.17) is 9.29 Å². The number of thioether (sulfide) groups is 1. The van der Waals surface area contributed by atoms with Crippen LogP contribution in [-0.2, 0) is 25.0 Å². The number of carbonyl (C=O) groups is 1. The zero-order valence-electron chi connectivity index (χ0n) is 17.4. The molecule has 2 rings (SSSR count). The summed E-state index contributed by atoms with van der Waals surface area (Å²) >= 11 is 0.841. The molecule has 0 radical (unpaired) electrons. The SMILES string of the molecule is C=Cc1ccc(OC(=O)CSc2ccc(OS(=O)(=O)C(F)(F)C(F)(F)C(F)(F)S(=O)(=O)O)cc2)cc1. The molecule has 0 amide bonds. The van der Waals surface area contributed by atoms with E-state index >= 15 is 0 Å². The molecule has 0 aromatic heterocycles. The van der Waals surface area contributed by atoms with Gasteiger partial charge in [-0.25, -0.2) is 0 Å². The van der Waals surface area contributed by atoms with Gasteiger partial charge >= 0.3 is 42.6 Å². The maximum atomic E-state index is 13.8. The van der Waals surface area contributed by atoms with E-state index in [1.165, 1.54) is 12.1 Å². The minimum Gasteiger partial charge on any atom is -0.426 e. The molecule has 2 aromatic carbocycles. The summed E-state index contributed by atoms with van der Waals surface area (Å²) in [4.78, 5) is 12.1. The number of halogens is 6. The van der Waals surface area contributed by atoms with Crippen LogP contribution in [0.15, 0.2) is 60.0 Å². The van der Waals surface area contributed by atoms with Gasteiger partial charge in [0.2, 0.25) is 0 Å². The molecule has 1 N–H and O–H groups in total. The van der Waals surface area contributed by atoms with E-state index < -0.39 is 48.4 Å². The average Bonchev–Trinajstić information content (AvgIpc) is 2.77. The summed E-state index contributed by atoms with van der Waals surface area (Å²) in [6.07, 6.45) is 1.57. The monoisotopic (exact) mass is 580 g/mol. The van der Waals surface area contributed by atoms with Gasteiger partial charge in [0.1, 0.15) is 11.5 Å². The number of esters is 1. The number of hydrogen-bond donors (Lipinski definition) is 1. The topological polar surface area (TPSA) is 124 Å². The van der Waals surface area contributed by atoms with E-state index in [2.05, 4.69) is 10.8 Å². The zero-order valence-corrected chi connectivity index (χ0v) is 19.9. The summed E-state index contributed by atoms with van der Waals surface area (Å²) in [6, 6.07) is 9.68. The Bertz CT molecular complexity index is 1330. The van der Waals surface area contributed by atoms with Crippen LogP contribution in [0.1, 0.15) is 5.56 Å². The van der Waals surface area contributed by atoms with Crippen molar-refractivity contribution in [3.8, 4) is 11.5 Å². The third-order valence-corrected chi connectivity index (χ3v) is 7.29. The first-order valence-electron chi connectivity index (χ1n) is 9.06. The number of hydrogen-bond acceptors (Lipinski definition) is 8. The third kappa shape index (κ3) is 5.96. The number of carbonyl (C=O) groups excluding carboxylic acids is 1. The first kappa shape index (κ1) is 29.5. The van der Waals surface area contributed by atoms with Gasteiger partial charge in [0.15, 0.2) is 0 Å². The second-order valence-corrected chi connectivity index (χ2v) is 10.7. The molecule has 0 fully saturated rings. The highest BCUT2D eigenvalue weighted by Gasteiger charge is 2.83. The van der Waals surface area contributed by atoms with E-state index in [9.17, 15) is 48.0 Å². The Hall–Kier alpha value is -2.76. The molecule has 2 aromatic rings. The fourth-order valence-corrected chi connectivity index (χ4v) is 4.33. The van der Waals surface area contributed by atoms with Crippen LogP contribution in [0, 0.1) is 0 Å². The van der Waals surface area contributed by atoms with E-state index in [1.807, 2.05) is 0 Å². The van der Waals surface area contributed by atoms with Crippen LogP contribution < -0.4 is 8.92 Å². The van der Waals surface area contributed by atoms with Crippen LogP contribution in [-0.4, -0.2) is 49.5 Å². The lowest BCUT2D eigenvalue weighted by atomic mass is 10.2. The van der Waals surface area contributed by atoms with Crippen molar-refractivity contribution in [3.63, 3.8) is 0 Å². The minimum atomic E-state index is -7.15. The second kappa shape index (κ2) is 10.3. The van der Waals surface area contributed by atoms with Gasteiger partial charge < -0.3 is 8.92 Å². The van der Waals surface area contributed by atoms with E-state index in [1.54, 1.807) is 18.2 Å². The van der Waals surface area contributed by atoms with Gasteiger partial charge in [-0.05, 0) is 42.0 Å². The lowest BCUT2D eigenvalue weighted by Crippen LogP contribution is -2.61. The zero-order chi connectivity index (χ0) is 27.6. The molecule has 36 heavy (non-hydrogen) atoms. The average molecular weight is 581 g/mol. The highest BCUT2D eigenvalue weighted by molar-refractivity contribution is 8.00. The molecular weight excluding hydrogens is 566 g/mol. The Labute approximate surface area is 204 Å². The predicted octanol–water partition coefficient (Wildman–Crippen LogP) is 4.44. The molecule has 0 heterocycles. The summed E-state index contributed by atoms with van der Waals surface area (Å²) in [5.74, 6) is -8.88. The first-order chi connectivity index (χ1) is 16.4. The minimum absolute atomic E-state index is 0.230. The standard InChI is InChI=1S/C19H14F6O8S3/c1-2-12-3-5-13(6-4-12)32-16(26)11-34-15-9-7-14(8-10-15)33-36(30,31)19(24,25)17(20,21)18(22,23)35(27,28)29/h2-10H,1,11H2,(H,27,28,29). The lowest BCUT2D eigenvalue weighted by molar-refractivity contribution is -0.247. The molecule has 198 valence electrons. The molecule has 17 heteroatoms. The van der Waals surface area contributed by atoms with Gasteiger partial charge in [0, 0.05) is 4.90 Å². The van der Waals surface area contributed by atoms with Gasteiger partial charge in [-0.15, -0.1) is 11.8 Å². The molecular formula is C19H14F6O8S3. The van der Waals surface area contributed by atoms with Crippen molar-refractivity contribution < 1.29 is 61.4 Å². The van der Waals surface area contributed by atoms with Crippen molar-refractivity contribution in [1.29, 1.82) is 0 Å². The number of benzene rings is 2. The van der Waals surface area contributed by atoms with Gasteiger partial charge in [-0.1, -0.05) is 24.8 Å². The molecule has 0 saturated heterocycles. The molecule has 0 atom stereocenters. The maximum absolute atomic E-state index is 13.8. The van der Waals surface area contributed by atoms with Crippen LogP contribution in [0.4, 0.5) is 26.3 Å². The fraction of sp³-hybridized carbons (Fsp3) is 0.211. The van der Waals surface area contributed by atoms with Crippen molar-refractivity contribution in [2.24, 2.45) is 0 Å². The summed E-state index contributed by atoms with van der Waals surface area (Å²) in [6.45, 7) is 3.57. The highest BCUT2D eigenvalue weighted by atomic mass is 32.2. The maximum Gasteiger partial charge on any atom is 0.450 e. The molecule has 0 aliphatic heterocycles. The van der Waals surface area contributed by atoms with Crippen LogP contribution in [0.5, 0.6) is 11.5 Å². The van der Waals surface area contributed by atoms with Gasteiger partial charge in [0.25, 0.3) is 0 Å². The predicted molar refractivity (Wildman–Crippen MR) is 115 cm³/mol. The van der Waals surface area contributed by atoms with Crippen LogP contribution >= 0.6 is 11.8 Å². The Morgan fingerprint density at radius 1 is 0.889 bits per heavy atom. The van der Waals surface area contributed by atoms with Gasteiger partial charge in [-0.3, -0.25) is 9.35 Å². The van der Waals surface area contributed by atoms with Crippen molar-refractivity contribution in [3.05, 3.63) is 60.7 Å². The van der Waals surface area contributed by atoms with Crippen molar-refractivity contribution in [2.75, 3.05) is 5.75 Å². The Kier molecular flexibility index (Phi) is 8.44. The number of alkyl halides is 6. The normalized spacial score (nSPS) is 13.2. The Morgan fingerprint density at radius 3 is 1.86 bits per heavy atom. The highest BCUT2D eigenvalue weighted by Crippen LogP contribution is 2.50. The largest absolute Gasteiger partial charge is 0.450 e. The second-order valence-electron chi connectivity index (χ2n) is 6.63. The van der Waals surface area contributed by atoms with Crippen molar-refractivity contribution >= 4 is 44.0 Å². The first-order valence-corrected chi connectivity index (χ1v) is 12.9. The molecule has 0 bridgehead atoms. The van der Waals surface area contributed by atoms with E-state index in [0.29, 0.717) is 12.1 Å². The van der Waals surface area contributed by atoms with E-state index in [0.717, 1.165) is 29.5 Å². The summed E-state index contributed by atoms with van der Waals surface area (Å²) in [7, 11) is -14.1. The van der Waals surface area contributed by atoms with Crippen LogP contribution in [0.3, 0.4) is 0 Å². The van der Waals surface area contributed by atoms with Crippen molar-refractivity contribution in [2.45, 2.75) is 21.3 Å². The summed E-state index contributed by atoms with van der Waals surface area (Å²) in [5, 5.41) is -13.7.